The minimum atomic E-state index is -1.72. The van der Waals surface area contributed by atoms with Gasteiger partial charge >= 0.3 is 0 Å². The normalized spacial score (nSPS) is 13.2. The number of hydrogen-bond donors (Lipinski definition) is 1. The second-order valence-corrected chi connectivity index (χ2v) is 5.12. The monoisotopic (exact) mass is 251 g/mol. The molecule has 72 valence electrons. The van der Waals surface area contributed by atoms with Gasteiger partial charge in [0.1, 0.15) is 0 Å². The van der Waals surface area contributed by atoms with Gasteiger partial charge in [0.25, 0.3) is 0 Å². The maximum absolute atomic E-state index is 10.8. The lowest BCUT2D eigenvalue weighted by Crippen LogP contribution is -2.49. The average Bonchev–Trinajstić information content (AvgIpc) is 1.85. The molecule has 0 bridgehead atoms. The Balaban J connectivity index is 4.34. The summed E-state index contributed by atoms with van der Waals surface area (Å²) in [5, 5.41) is 2.39. The molecule has 0 aromatic carbocycles. The van der Waals surface area contributed by atoms with Crippen LogP contribution in [-0.4, -0.2) is 14.7 Å². The van der Waals surface area contributed by atoms with Gasteiger partial charge in [0.15, 0.2) is 10.2 Å². The van der Waals surface area contributed by atoms with E-state index < -0.39 is 14.7 Å². The highest BCUT2D eigenvalue weighted by Gasteiger charge is 2.37. The van der Waals surface area contributed by atoms with E-state index in [0.29, 0.717) is 6.42 Å². The SMILES string of the molecule is CCC(Cl)(Cl)NC(Cl)(Cl)C(C)=O. The first kappa shape index (κ1) is 12.8. The van der Waals surface area contributed by atoms with Crippen LogP contribution in [0.2, 0.25) is 0 Å². The van der Waals surface area contributed by atoms with Crippen molar-refractivity contribution in [2.24, 2.45) is 0 Å². The van der Waals surface area contributed by atoms with Gasteiger partial charge in [-0.1, -0.05) is 53.3 Å². The number of carbonyl (C=O) groups excluding carboxylic acids is 1. The van der Waals surface area contributed by atoms with E-state index in [4.69, 9.17) is 46.4 Å². The number of nitrogens with one attached hydrogen (secondary N) is 1. The summed E-state index contributed by atoms with van der Waals surface area (Å²) in [6.45, 7) is 2.98. The van der Waals surface area contributed by atoms with Crippen molar-refractivity contribution in [2.45, 2.75) is 29.2 Å². The van der Waals surface area contributed by atoms with Crippen molar-refractivity contribution >= 4 is 52.2 Å². The summed E-state index contributed by atoms with van der Waals surface area (Å²) in [5.74, 6) is -0.454. The van der Waals surface area contributed by atoms with Gasteiger partial charge in [-0.3, -0.25) is 4.79 Å². The van der Waals surface area contributed by atoms with Crippen LogP contribution in [0.3, 0.4) is 0 Å². The van der Waals surface area contributed by atoms with Gasteiger partial charge < -0.3 is 0 Å². The lowest BCUT2D eigenvalue weighted by Gasteiger charge is -2.27. The maximum Gasteiger partial charge on any atom is 0.229 e. The fourth-order valence-electron chi connectivity index (χ4n) is 0.406. The van der Waals surface area contributed by atoms with Gasteiger partial charge in [-0.2, -0.15) is 0 Å². The van der Waals surface area contributed by atoms with Crippen LogP contribution in [0.5, 0.6) is 0 Å². The van der Waals surface area contributed by atoms with E-state index in [-0.39, 0.29) is 0 Å². The molecule has 0 saturated carbocycles. The Bertz CT molecular complexity index is 180. The average molecular weight is 253 g/mol. The molecule has 0 unspecified atom stereocenters. The summed E-state index contributed by atoms with van der Waals surface area (Å²) in [6, 6.07) is 0. The number of alkyl halides is 4. The Labute approximate surface area is 91.5 Å². The first-order valence-electron chi connectivity index (χ1n) is 3.27. The summed E-state index contributed by atoms with van der Waals surface area (Å²) in [7, 11) is 0. The number of ketones is 1. The number of carbonyl (C=O) groups is 1. The van der Waals surface area contributed by atoms with Crippen molar-refractivity contribution in [2.75, 3.05) is 0 Å². The molecule has 0 aliphatic carbocycles. The Morgan fingerprint density at radius 2 is 1.75 bits per heavy atom. The fourth-order valence-corrected chi connectivity index (χ4v) is 1.21. The molecule has 2 nitrogen and oxygen atoms in total. The van der Waals surface area contributed by atoms with Crippen molar-refractivity contribution in [3.8, 4) is 0 Å². The molecule has 0 spiro atoms. The molecule has 12 heavy (non-hydrogen) atoms. The molecule has 0 amide bonds. The van der Waals surface area contributed by atoms with Gasteiger partial charge in [-0.15, -0.1) is 0 Å². The molecule has 0 aromatic heterocycles. The van der Waals surface area contributed by atoms with Gasteiger partial charge in [0, 0.05) is 0 Å². The highest BCUT2D eigenvalue weighted by Crippen LogP contribution is 2.29. The molecule has 0 radical (unpaired) electrons. The number of hydrogen-bond acceptors (Lipinski definition) is 2. The molecule has 0 aliphatic heterocycles. The molecular weight excluding hydrogens is 244 g/mol. The molecule has 0 saturated heterocycles. The molecule has 0 heterocycles. The van der Waals surface area contributed by atoms with Crippen molar-refractivity contribution in [3.05, 3.63) is 0 Å². The lowest BCUT2D eigenvalue weighted by molar-refractivity contribution is -0.118. The topological polar surface area (TPSA) is 29.1 Å². The zero-order chi connectivity index (χ0) is 9.99. The molecule has 0 fully saturated rings. The van der Waals surface area contributed by atoms with E-state index in [9.17, 15) is 4.79 Å². The van der Waals surface area contributed by atoms with Crippen molar-refractivity contribution in [1.29, 1.82) is 0 Å². The summed E-state index contributed by atoms with van der Waals surface area (Å²) >= 11 is 22.5. The maximum atomic E-state index is 10.8. The van der Waals surface area contributed by atoms with E-state index in [1.54, 1.807) is 6.92 Å². The molecular formula is C6H9Cl4NO. The van der Waals surface area contributed by atoms with Gasteiger partial charge in [-0.05, 0) is 13.3 Å². The van der Waals surface area contributed by atoms with Crippen LogP contribution in [0.15, 0.2) is 0 Å². The first-order valence-corrected chi connectivity index (χ1v) is 4.78. The smallest absolute Gasteiger partial charge is 0.229 e. The summed E-state index contributed by atoms with van der Waals surface area (Å²) in [5.41, 5.74) is 0. The van der Waals surface area contributed by atoms with E-state index >= 15 is 0 Å². The van der Waals surface area contributed by atoms with Crippen LogP contribution in [0, 0.1) is 0 Å². The number of halogens is 4. The van der Waals surface area contributed by atoms with Crippen LogP contribution in [-0.2, 0) is 4.79 Å². The lowest BCUT2D eigenvalue weighted by atomic mass is 10.4. The third-order valence-electron chi connectivity index (χ3n) is 1.23. The third-order valence-corrected chi connectivity index (χ3v) is 2.67. The van der Waals surface area contributed by atoms with E-state index in [1.807, 2.05) is 0 Å². The number of Topliss-reactive ketones (excluding diaryl/α,β-unsaturated/α-hetero) is 1. The van der Waals surface area contributed by atoms with Crippen molar-refractivity contribution < 1.29 is 4.79 Å². The Kier molecular flexibility index (Phi) is 4.62. The fraction of sp³-hybridized carbons (Fsp3) is 0.833. The van der Waals surface area contributed by atoms with E-state index in [1.165, 1.54) is 6.92 Å². The largest absolute Gasteiger partial charge is 0.295 e. The zero-order valence-electron chi connectivity index (χ0n) is 6.63. The molecule has 1 N–H and O–H groups in total. The van der Waals surface area contributed by atoms with Crippen LogP contribution in [0.4, 0.5) is 0 Å². The predicted octanol–water partition coefficient (Wildman–Crippen LogP) is 2.84. The van der Waals surface area contributed by atoms with E-state index in [0.717, 1.165) is 0 Å². The van der Waals surface area contributed by atoms with Crippen LogP contribution in [0.25, 0.3) is 0 Å². The predicted molar refractivity (Wildman–Crippen MR) is 53.0 cm³/mol. The summed E-state index contributed by atoms with van der Waals surface area (Å²) in [6.07, 6.45) is 0.380. The Morgan fingerprint density at radius 3 is 2.00 bits per heavy atom. The van der Waals surface area contributed by atoms with Crippen LogP contribution in [0.1, 0.15) is 20.3 Å². The van der Waals surface area contributed by atoms with Crippen LogP contribution >= 0.6 is 46.4 Å². The van der Waals surface area contributed by atoms with Crippen molar-refractivity contribution in [1.82, 2.24) is 5.32 Å². The highest BCUT2D eigenvalue weighted by molar-refractivity contribution is 6.59. The third kappa shape index (κ3) is 4.15. The zero-order valence-corrected chi connectivity index (χ0v) is 9.65. The summed E-state index contributed by atoms with van der Waals surface area (Å²) in [4.78, 5) is 10.8. The molecule has 0 aliphatic rings. The quantitative estimate of drug-likeness (QED) is 0.616. The minimum absolute atomic E-state index is 0.380. The van der Waals surface area contributed by atoms with E-state index in [2.05, 4.69) is 5.32 Å². The van der Waals surface area contributed by atoms with Gasteiger partial charge in [0.05, 0.1) is 0 Å². The minimum Gasteiger partial charge on any atom is -0.295 e. The molecule has 6 heteroatoms. The second kappa shape index (κ2) is 4.34. The Hall–Kier alpha value is 0.790. The highest BCUT2D eigenvalue weighted by atomic mass is 35.5. The molecule has 0 aromatic rings. The molecule has 0 rings (SSSR count). The molecule has 0 atom stereocenters. The summed E-state index contributed by atoms with van der Waals surface area (Å²) < 4.78 is -3.01. The van der Waals surface area contributed by atoms with Crippen LogP contribution < -0.4 is 5.32 Å². The number of rotatable bonds is 4. The van der Waals surface area contributed by atoms with Gasteiger partial charge in [-0.25, -0.2) is 5.32 Å². The van der Waals surface area contributed by atoms with Gasteiger partial charge in [0.2, 0.25) is 4.46 Å². The Morgan fingerprint density at radius 1 is 1.33 bits per heavy atom. The standard InChI is InChI=1S/C6H9Cl4NO/c1-3-5(7,8)11-6(9,10)4(2)12/h11H,3H2,1-2H3. The van der Waals surface area contributed by atoms with Crippen molar-refractivity contribution in [3.63, 3.8) is 0 Å². The first-order chi connectivity index (χ1) is 5.21. The second-order valence-electron chi connectivity index (χ2n) is 2.31.